The summed E-state index contributed by atoms with van der Waals surface area (Å²) in [6, 6.07) is -0.716. The van der Waals surface area contributed by atoms with Crippen molar-refractivity contribution in [3.63, 3.8) is 0 Å². The number of nitrogens with one attached hydrogen (secondary N) is 1. The van der Waals surface area contributed by atoms with Crippen molar-refractivity contribution in [2.24, 2.45) is 0 Å². The van der Waals surface area contributed by atoms with Crippen molar-refractivity contribution in [3.05, 3.63) is 21.1 Å². The number of fused-ring (bicyclic) bond motifs is 1. The molecule has 3 heterocycles. The van der Waals surface area contributed by atoms with Crippen molar-refractivity contribution in [3.8, 4) is 0 Å². The summed E-state index contributed by atoms with van der Waals surface area (Å²) < 4.78 is 1.34. The summed E-state index contributed by atoms with van der Waals surface area (Å²) in [6.45, 7) is 3.50. The average molecular weight is 306 g/mol. The molecule has 3 N–H and O–H groups in total. The number of nitrogens with zero attached hydrogens (tertiary/aromatic N) is 2. The molecule has 7 nitrogen and oxygen atoms in total. The molecule has 8 heteroatoms. The van der Waals surface area contributed by atoms with Crippen LogP contribution in [0.3, 0.4) is 0 Å². The van der Waals surface area contributed by atoms with Gasteiger partial charge in [-0.1, -0.05) is 0 Å². The van der Waals surface area contributed by atoms with Crippen LogP contribution in [0.15, 0.2) is 4.79 Å². The molecule has 1 unspecified atom stereocenters. The summed E-state index contributed by atoms with van der Waals surface area (Å²) in [5.41, 5.74) is 6.03. The standard InChI is InChI=1S/C13H14N4O3S/c1-5-10(14)9-12(21-5)15-6(2)17(13(9)20)7-3-4-8(18)16-11(7)19/h7H,3-4,14H2,1-2H3,(H,16,18,19). The first kappa shape index (κ1) is 13.7. The zero-order valence-electron chi connectivity index (χ0n) is 11.6. The first-order valence-electron chi connectivity index (χ1n) is 6.51. The fourth-order valence-electron chi connectivity index (χ4n) is 2.59. The smallest absolute Gasteiger partial charge is 0.265 e. The van der Waals surface area contributed by atoms with Crippen molar-refractivity contribution in [2.75, 3.05) is 5.73 Å². The molecule has 0 bridgehead atoms. The van der Waals surface area contributed by atoms with E-state index in [9.17, 15) is 14.4 Å². The van der Waals surface area contributed by atoms with Crippen LogP contribution in [0.5, 0.6) is 0 Å². The quantitative estimate of drug-likeness (QED) is 0.752. The van der Waals surface area contributed by atoms with Crippen LogP contribution in [0.2, 0.25) is 0 Å². The van der Waals surface area contributed by atoms with Crippen LogP contribution in [0.1, 0.15) is 29.6 Å². The average Bonchev–Trinajstić information content (AvgIpc) is 2.67. The van der Waals surface area contributed by atoms with E-state index in [1.165, 1.54) is 15.9 Å². The molecule has 110 valence electrons. The zero-order chi connectivity index (χ0) is 15.3. The summed E-state index contributed by atoms with van der Waals surface area (Å²) in [5.74, 6) is -0.340. The van der Waals surface area contributed by atoms with Gasteiger partial charge in [-0.3, -0.25) is 24.3 Å². The van der Waals surface area contributed by atoms with E-state index in [4.69, 9.17) is 5.73 Å². The third kappa shape index (κ3) is 2.02. The number of imide groups is 1. The van der Waals surface area contributed by atoms with Gasteiger partial charge in [0.25, 0.3) is 5.56 Å². The second kappa shape index (κ2) is 4.66. The minimum atomic E-state index is -0.716. The Balaban J connectivity index is 2.23. The fraction of sp³-hybridized carbons (Fsp3) is 0.385. The van der Waals surface area contributed by atoms with Gasteiger partial charge in [0, 0.05) is 11.3 Å². The number of piperidine rings is 1. The van der Waals surface area contributed by atoms with Gasteiger partial charge in [0.1, 0.15) is 16.7 Å². The summed E-state index contributed by atoms with van der Waals surface area (Å²) in [6.07, 6.45) is 0.500. The number of carbonyl (C=O) groups is 2. The first-order chi connectivity index (χ1) is 9.90. The number of hydrogen-bond donors (Lipinski definition) is 2. The number of amides is 2. The Hall–Kier alpha value is -2.22. The van der Waals surface area contributed by atoms with Crippen molar-refractivity contribution < 1.29 is 9.59 Å². The molecule has 0 radical (unpaired) electrons. The van der Waals surface area contributed by atoms with Crippen molar-refractivity contribution in [1.29, 1.82) is 0 Å². The first-order valence-corrected chi connectivity index (χ1v) is 7.33. The second-order valence-electron chi connectivity index (χ2n) is 5.05. The molecule has 0 saturated carbocycles. The van der Waals surface area contributed by atoms with Crippen molar-refractivity contribution in [1.82, 2.24) is 14.9 Å². The Labute approximate surface area is 123 Å². The zero-order valence-corrected chi connectivity index (χ0v) is 12.4. The van der Waals surface area contributed by atoms with E-state index in [0.29, 0.717) is 28.1 Å². The molecule has 3 rings (SSSR count). The SMILES string of the molecule is Cc1sc2nc(C)n(C3CCC(=O)NC3=O)c(=O)c2c1N. The molecule has 0 aromatic carbocycles. The molecule has 2 aromatic heterocycles. The Morgan fingerprint density at radius 3 is 2.71 bits per heavy atom. The van der Waals surface area contributed by atoms with Gasteiger partial charge in [-0.05, 0) is 20.3 Å². The Kier molecular flexibility index (Phi) is 3.05. The van der Waals surface area contributed by atoms with Gasteiger partial charge in [-0.2, -0.15) is 0 Å². The van der Waals surface area contributed by atoms with Crippen molar-refractivity contribution >= 4 is 39.1 Å². The van der Waals surface area contributed by atoms with Crippen LogP contribution < -0.4 is 16.6 Å². The van der Waals surface area contributed by atoms with Gasteiger partial charge >= 0.3 is 0 Å². The summed E-state index contributed by atoms with van der Waals surface area (Å²) >= 11 is 1.36. The minimum absolute atomic E-state index is 0.207. The van der Waals surface area contributed by atoms with Gasteiger partial charge in [0.2, 0.25) is 11.8 Å². The second-order valence-corrected chi connectivity index (χ2v) is 6.26. The lowest BCUT2D eigenvalue weighted by Crippen LogP contribution is -2.45. The largest absolute Gasteiger partial charge is 0.397 e. The molecule has 2 aromatic rings. The van der Waals surface area contributed by atoms with Gasteiger partial charge in [-0.15, -0.1) is 11.3 Å². The number of anilines is 1. The normalized spacial score (nSPS) is 19.0. The van der Waals surface area contributed by atoms with E-state index in [-0.39, 0.29) is 17.9 Å². The molecule has 0 spiro atoms. The molecule has 1 atom stereocenters. The third-order valence-electron chi connectivity index (χ3n) is 3.68. The number of aromatic nitrogens is 2. The number of rotatable bonds is 1. The molecule has 1 aliphatic rings. The Morgan fingerprint density at radius 2 is 2.05 bits per heavy atom. The highest BCUT2D eigenvalue weighted by Crippen LogP contribution is 2.30. The highest BCUT2D eigenvalue weighted by Gasteiger charge is 2.31. The van der Waals surface area contributed by atoms with Crippen LogP contribution in [0.25, 0.3) is 10.2 Å². The third-order valence-corrected chi connectivity index (χ3v) is 4.69. The predicted molar refractivity (Wildman–Crippen MR) is 79.2 cm³/mol. The van der Waals surface area contributed by atoms with Gasteiger partial charge < -0.3 is 5.73 Å². The van der Waals surface area contributed by atoms with Gasteiger partial charge in [-0.25, -0.2) is 4.98 Å². The summed E-state index contributed by atoms with van der Waals surface area (Å²) in [7, 11) is 0. The fourth-order valence-corrected chi connectivity index (χ4v) is 3.57. The number of hydrogen-bond acceptors (Lipinski definition) is 6. The lowest BCUT2D eigenvalue weighted by Gasteiger charge is -2.24. The summed E-state index contributed by atoms with van der Waals surface area (Å²) in [5, 5.41) is 2.61. The maximum Gasteiger partial charge on any atom is 0.265 e. The monoisotopic (exact) mass is 306 g/mol. The highest BCUT2D eigenvalue weighted by molar-refractivity contribution is 7.19. The molecule has 1 aliphatic heterocycles. The topological polar surface area (TPSA) is 107 Å². The molecule has 2 amide bonds. The van der Waals surface area contributed by atoms with E-state index < -0.39 is 11.9 Å². The van der Waals surface area contributed by atoms with Crippen molar-refractivity contribution in [2.45, 2.75) is 32.7 Å². The van der Waals surface area contributed by atoms with Gasteiger partial charge in [0.15, 0.2) is 0 Å². The Morgan fingerprint density at radius 1 is 1.33 bits per heavy atom. The van der Waals surface area contributed by atoms with E-state index in [0.717, 1.165) is 4.88 Å². The molecule has 1 fully saturated rings. The van der Waals surface area contributed by atoms with E-state index in [2.05, 4.69) is 10.3 Å². The van der Waals surface area contributed by atoms with Gasteiger partial charge in [0.05, 0.1) is 11.1 Å². The molecule has 0 aliphatic carbocycles. The molecule has 1 saturated heterocycles. The molecular weight excluding hydrogens is 292 g/mol. The number of nitrogens with two attached hydrogens (primary N) is 1. The molecule has 21 heavy (non-hydrogen) atoms. The minimum Gasteiger partial charge on any atom is -0.397 e. The van der Waals surface area contributed by atoms with Crippen LogP contribution in [-0.2, 0) is 9.59 Å². The Bertz CT molecular complexity index is 836. The maximum atomic E-state index is 12.7. The number of carbonyl (C=O) groups excluding carboxylic acids is 2. The van der Waals surface area contributed by atoms with Crippen LogP contribution in [-0.4, -0.2) is 21.4 Å². The van der Waals surface area contributed by atoms with Crippen LogP contribution >= 0.6 is 11.3 Å². The number of thiophene rings is 1. The van der Waals surface area contributed by atoms with E-state index in [1.807, 2.05) is 6.92 Å². The lowest BCUT2D eigenvalue weighted by molar-refractivity contribution is -0.135. The summed E-state index contributed by atoms with van der Waals surface area (Å²) in [4.78, 5) is 41.7. The van der Waals surface area contributed by atoms with E-state index >= 15 is 0 Å². The molecular formula is C13H14N4O3S. The number of aryl methyl sites for hydroxylation is 2. The number of nitrogen functional groups attached to an aromatic ring is 1. The predicted octanol–water partition coefficient (Wildman–Crippen LogP) is 0.635. The van der Waals surface area contributed by atoms with Crippen LogP contribution in [0.4, 0.5) is 5.69 Å². The highest BCUT2D eigenvalue weighted by atomic mass is 32.1. The maximum absolute atomic E-state index is 12.7. The van der Waals surface area contributed by atoms with E-state index in [1.54, 1.807) is 6.92 Å². The lowest BCUT2D eigenvalue weighted by atomic mass is 10.1. The van der Waals surface area contributed by atoms with Crippen LogP contribution in [0, 0.1) is 13.8 Å².